The molecular formula is C34H43NO5. The third kappa shape index (κ3) is 9.83. The van der Waals surface area contributed by atoms with Crippen molar-refractivity contribution in [3.8, 4) is 5.75 Å². The van der Waals surface area contributed by atoms with E-state index in [1.165, 1.54) is 19.8 Å². The number of methoxy groups -OCH3 is 2. The lowest BCUT2D eigenvalue weighted by Gasteiger charge is -2.23. The van der Waals surface area contributed by atoms with E-state index in [-0.39, 0.29) is 17.4 Å². The van der Waals surface area contributed by atoms with Gasteiger partial charge in [-0.1, -0.05) is 75.4 Å². The summed E-state index contributed by atoms with van der Waals surface area (Å²) in [7, 11) is 2.81. The van der Waals surface area contributed by atoms with Crippen molar-refractivity contribution in [1.29, 1.82) is 0 Å². The molecule has 0 spiro atoms. The average Bonchev–Trinajstić information content (AvgIpc) is 2.96. The molecule has 0 amide bonds. The molecule has 0 atom stereocenters. The monoisotopic (exact) mass is 545 g/mol. The summed E-state index contributed by atoms with van der Waals surface area (Å²) in [4.78, 5) is 25.7. The largest absolute Gasteiger partial charge is 0.489 e. The zero-order valence-corrected chi connectivity index (χ0v) is 24.6. The van der Waals surface area contributed by atoms with Gasteiger partial charge in [-0.15, -0.1) is 0 Å². The summed E-state index contributed by atoms with van der Waals surface area (Å²) < 4.78 is 15.9. The molecule has 214 valence electrons. The van der Waals surface area contributed by atoms with Crippen LogP contribution in [0.2, 0.25) is 0 Å². The fourth-order valence-electron chi connectivity index (χ4n) is 4.49. The normalized spacial score (nSPS) is 11.3. The molecule has 0 saturated heterocycles. The lowest BCUT2D eigenvalue weighted by Crippen LogP contribution is -2.27. The number of ether oxygens (including phenoxy) is 3. The molecule has 0 radical (unpaired) electrons. The highest BCUT2D eigenvalue weighted by Gasteiger charge is 2.14. The smallest absolute Gasteiger partial charge is 0.337 e. The van der Waals surface area contributed by atoms with E-state index in [9.17, 15) is 9.59 Å². The molecule has 3 aromatic rings. The standard InChI is InChI=1S/C34H43NO5/c1-34(2,3)30-19-15-27(16-20-30)25-40-31-11-7-6-10-28(31)21-23-35(22-9-8-12-32(36)38-4)24-26-13-17-29(18-14-26)33(37)39-5/h6-7,10-11,13-20H,8-9,12,21-25H2,1-5H3. The number of carbonyl (C=O) groups is 2. The van der Waals surface area contributed by atoms with Crippen LogP contribution in [0, 0.1) is 0 Å². The number of carbonyl (C=O) groups excluding carboxylic acids is 2. The second kappa shape index (κ2) is 15.2. The molecule has 0 unspecified atom stereocenters. The Morgan fingerprint density at radius 3 is 2.10 bits per heavy atom. The van der Waals surface area contributed by atoms with Crippen molar-refractivity contribution in [3.63, 3.8) is 0 Å². The Kier molecular flexibility index (Phi) is 11.8. The molecule has 0 fully saturated rings. The first kappa shape index (κ1) is 30.9. The van der Waals surface area contributed by atoms with Crippen molar-refractivity contribution < 1.29 is 23.8 Å². The zero-order valence-electron chi connectivity index (χ0n) is 24.6. The fourth-order valence-corrected chi connectivity index (χ4v) is 4.49. The number of hydrogen-bond acceptors (Lipinski definition) is 6. The molecule has 0 aliphatic heterocycles. The van der Waals surface area contributed by atoms with Gasteiger partial charge >= 0.3 is 11.9 Å². The van der Waals surface area contributed by atoms with E-state index in [0.29, 0.717) is 18.6 Å². The molecule has 0 bridgehead atoms. The number of unbranched alkanes of at least 4 members (excludes halogenated alkanes) is 1. The van der Waals surface area contributed by atoms with Gasteiger partial charge in [0.2, 0.25) is 0 Å². The summed E-state index contributed by atoms with van der Waals surface area (Å²) >= 11 is 0. The summed E-state index contributed by atoms with van der Waals surface area (Å²) in [5.41, 5.74) is 5.39. The predicted molar refractivity (Wildman–Crippen MR) is 159 cm³/mol. The highest BCUT2D eigenvalue weighted by molar-refractivity contribution is 5.89. The first-order valence-corrected chi connectivity index (χ1v) is 14.0. The van der Waals surface area contributed by atoms with Gasteiger partial charge in [0.05, 0.1) is 19.8 Å². The molecule has 3 aromatic carbocycles. The summed E-state index contributed by atoms with van der Waals surface area (Å²) in [6, 6.07) is 24.4. The highest BCUT2D eigenvalue weighted by Crippen LogP contribution is 2.24. The highest BCUT2D eigenvalue weighted by atomic mass is 16.5. The predicted octanol–water partition coefficient (Wildman–Crippen LogP) is 6.74. The van der Waals surface area contributed by atoms with E-state index in [4.69, 9.17) is 14.2 Å². The maximum absolute atomic E-state index is 11.8. The summed E-state index contributed by atoms with van der Waals surface area (Å²) in [5, 5.41) is 0. The Hall–Kier alpha value is -3.64. The molecule has 0 aliphatic rings. The van der Waals surface area contributed by atoms with Gasteiger partial charge in [0.25, 0.3) is 0 Å². The Labute approximate surface area is 239 Å². The summed E-state index contributed by atoms with van der Waals surface area (Å²) in [6.45, 7) is 9.59. The van der Waals surface area contributed by atoms with Crippen molar-refractivity contribution in [2.75, 3.05) is 27.3 Å². The van der Waals surface area contributed by atoms with E-state index in [0.717, 1.165) is 61.3 Å². The van der Waals surface area contributed by atoms with Crippen molar-refractivity contribution in [2.24, 2.45) is 0 Å². The van der Waals surface area contributed by atoms with Gasteiger partial charge in [0, 0.05) is 19.5 Å². The van der Waals surface area contributed by atoms with Crippen LogP contribution in [0.1, 0.15) is 72.6 Å². The quantitative estimate of drug-likeness (QED) is 0.165. The molecular weight excluding hydrogens is 502 g/mol. The molecule has 0 saturated carbocycles. The Bertz CT molecular complexity index is 1210. The van der Waals surface area contributed by atoms with Gasteiger partial charge in [0.1, 0.15) is 12.4 Å². The second-order valence-electron chi connectivity index (χ2n) is 11.1. The zero-order chi connectivity index (χ0) is 29.0. The van der Waals surface area contributed by atoms with Crippen LogP contribution < -0.4 is 4.74 Å². The summed E-state index contributed by atoms with van der Waals surface area (Å²) in [6.07, 6.45) is 2.91. The molecule has 40 heavy (non-hydrogen) atoms. The number of esters is 2. The Balaban J connectivity index is 1.64. The average molecular weight is 546 g/mol. The Morgan fingerprint density at radius 1 is 0.775 bits per heavy atom. The van der Waals surface area contributed by atoms with Crippen LogP contribution in [0.3, 0.4) is 0 Å². The van der Waals surface area contributed by atoms with E-state index < -0.39 is 0 Å². The lowest BCUT2D eigenvalue weighted by atomic mass is 9.87. The van der Waals surface area contributed by atoms with Crippen molar-refractivity contribution in [1.82, 2.24) is 4.90 Å². The van der Waals surface area contributed by atoms with Gasteiger partial charge in [-0.05, 0) is 71.7 Å². The fraction of sp³-hybridized carbons (Fsp3) is 0.412. The van der Waals surface area contributed by atoms with Crippen LogP contribution >= 0.6 is 0 Å². The minimum Gasteiger partial charge on any atom is -0.489 e. The molecule has 3 rings (SSSR count). The van der Waals surface area contributed by atoms with E-state index in [1.54, 1.807) is 12.1 Å². The third-order valence-corrected chi connectivity index (χ3v) is 7.00. The molecule has 0 aliphatic carbocycles. The first-order chi connectivity index (χ1) is 19.2. The number of nitrogens with zero attached hydrogens (tertiary/aromatic N) is 1. The van der Waals surface area contributed by atoms with Crippen LogP contribution in [0.15, 0.2) is 72.8 Å². The Morgan fingerprint density at radius 2 is 1.45 bits per heavy atom. The lowest BCUT2D eigenvalue weighted by molar-refractivity contribution is -0.140. The molecule has 6 nitrogen and oxygen atoms in total. The van der Waals surface area contributed by atoms with Crippen molar-refractivity contribution in [3.05, 3.63) is 101 Å². The van der Waals surface area contributed by atoms with Gasteiger partial charge in [0.15, 0.2) is 0 Å². The summed E-state index contributed by atoms with van der Waals surface area (Å²) in [5.74, 6) is 0.382. The molecule has 0 aromatic heterocycles. The maximum atomic E-state index is 11.8. The SMILES string of the molecule is COC(=O)CCCCN(CCc1ccccc1OCc1ccc(C(C)(C)C)cc1)Cc1ccc(C(=O)OC)cc1. The number of para-hydroxylation sites is 1. The van der Waals surface area contributed by atoms with Gasteiger partial charge in [-0.25, -0.2) is 4.79 Å². The maximum Gasteiger partial charge on any atom is 0.337 e. The van der Waals surface area contributed by atoms with Crippen molar-refractivity contribution >= 4 is 11.9 Å². The number of hydrogen-bond donors (Lipinski definition) is 0. The second-order valence-corrected chi connectivity index (χ2v) is 11.1. The van der Waals surface area contributed by atoms with Crippen LogP contribution in [0.5, 0.6) is 5.75 Å². The van der Waals surface area contributed by atoms with E-state index in [2.05, 4.69) is 56.0 Å². The van der Waals surface area contributed by atoms with Crippen molar-refractivity contribution in [2.45, 2.75) is 65.0 Å². The van der Waals surface area contributed by atoms with Gasteiger partial charge in [-0.3, -0.25) is 9.69 Å². The molecule has 6 heteroatoms. The van der Waals surface area contributed by atoms with Crippen LogP contribution in [-0.4, -0.2) is 44.1 Å². The van der Waals surface area contributed by atoms with Crippen LogP contribution in [0.4, 0.5) is 0 Å². The van der Waals surface area contributed by atoms with Crippen LogP contribution in [0.25, 0.3) is 0 Å². The minimum absolute atomic E-state index is 0.126. The number of benzene rings is 3. The van der Waals surface area contributed by atoms with E-state index >= 15 is 0 Å². The molecule has 0 heterocycles. The van der Waals surface area contributed by atoms with E-state index in [1.807, 2.05) is 30.3 Å². The first-order valence-electron chi connectivity index (χ1n) is 14.0. The minimum atomic E-state index is -0.340. The topological polar surface area (TPSA) is 65.1 Å². The number of rotatable bonds is 14. The third-order valence-electron chi connectivity index (χ3n) is 7.00. The van der Waals surface area contributed by atoms with Gasteiger partial charge in [-0.2, -0.15) is 0 Å². The molecule has 0 N–H and O–H groups in total. The van der Waals surface area contributed by atoms with Crippen LogP contribution in [-0.2, 0) is 39.3 Å². The van der Waals surface area contributed by atoms with Gasteiger partial charge < -0.3 is 14.2 Å².